The molecule has 0 aromatic carbocycles. The molecule has 0 radical (unpaired) electrons. The maximum absolute atomic E-state index is 5.67. The second kappa shape index (κ2) is 6.80. The van der Waals surface area contributed by atoms with Gasteiger partial charge in [-0.15, -0.1) is 0 Å². The van der Waals surface area contributed by atoms with E-state index >= 15 is 0 Å². The predicted molar refractivity (Wildman–Crippen MR) is 83.1 cm³/mol. The molecule has 23 heavy (non-hydrogen) atoms. The number of hydrogen-bond acceptors (Lipinski definition) is 6. The van der Waals surface area contributed by atoms with E-state index in [1.54, 1.807) is 0 Å². The van der Waals surface area contributed by atoms with E-state index in [0.29, 0.717) is 30.8 Å². The topological polar surface area (TPSA) is 75.2 Å². The van der Waals surface area contributed by atoms with Crippen molar-refractivity contribution in [3.8, 4) is 0 Å². The van der Waals surface area contributed by atoms with Crippen LogP contribution in [0.25, 0.3) is 0 Å². The van der Waals surface area contributed by atoms with Gasteiger partial charge in [0.15, 0.2) is 5.82 Å². The summed E-state index contributed by atoms with van der Waals surface area (Å²) in [5.74, 6) is 1.70. The minimum Gasteiger partial charge on any atom is -0.381 e. The summed E-state index contributed by atoms with van der Waals surface area (Å²) in [6.45, 7) is 8.79. The minimum atomic E-state index is 0.0215. The summed E-state index contributed by atoms with van der Waals surface area (Å²) in [5, 5.41) is 8.47. The van der Waals surface area contributed by atoms with E-state index < -0.39 is 0 Å². The zero-order valence-corrected chi connectivity index (χ0v) is 14.2. The highest BCUT2D eigenvalue weighted by Gasteiger charge is 2.23. The minimum absolute atomic E-state index is 0.0215. The SMILES string of the molecule is Cc1nn(C)c(C)c1C(C)c1nc(COCC2CCOC2)no1. The number of hydrogen-bond donors (Lipinski definition) is 0. The standard InChI is InChI=1S/C16H24N4O3/c1-10(15-11(2)18-20(4)12(15)3)16-17-14(19-23-16)9-22-8-13-5-6-21-7-13/h10,13H,5-9H2,1-4H3. The van der Waals surface area contributed by atoms with Crippen LogP contribution in [0.15, 0.2) is 4.52 Å². The van der Waals surface area contributed by atoms with Crippen LogP contribution in [-0.4, -0.2) is 39.7 Å². The molecule has 2 unspecified atom stereocenters. The highest BCUT2D eigenvalue weighted by atomic mass is 16.5. The largest absolute Gasteiger partial charge is 0.381 e. The van der Waals surface area contributed by atoms with Crippen molar-refractivity contribution < 1.29 is 14.0 Å². The number of ether oxygens (including phenoxy) is 2. The molecule has 0 bridgehead atoms. The molecule has 3 rings (SSSR count). The first kappa shape index (κ1) is 16.1. The maximum atomic E-state index is 5.67. The lowest BCUT2D eigenvalue weighted by Crippen LogP contribution is -2.09. The maximum Gasteiger partial charge on any atom is 0.234 e. The molecule has 0 spiro atoms. The van der Waals surface area contributed by atoms with Crippen molar-refractivity contribution in [1.29, 1.82) is 0 Å². The Bertz CT molecular complexity index is 658. The summed E-state index contributed by atoms with van der Waals surface area (Å²) in [5.41, 5.74) is 3.26. The number of nitrogens with zero attached hydrogens (tertiary/aromatic N) is 4. The fourth-order valence-corrected chi connectivity index (χ4v) is 3.07. The van der Waals surface area contributed by atoms with Crippen molar-refractivity contribution >= 4 is 0 Å². The Balaban J connectivity index is 1.61. The highest BCUT2D eigenvalue weighted by Crippen LogP contribution is 2.28. The van der Waals surface area contributed by atoms with Crippen LogP contribution in [0.3, 0.4) is 0 Å². The van der Waals surface area contributed by atoms with Crippen molar-refractivity contribution in [2.75, 3.05) is 19.8 Å². The summed E-state index contributed by atoms with van der Waals surface area (Å²) >= 11 is 0. The molecule has 7 nitrogen and oxygen atoms in total. The first-order valence-electron chi connectivity index (χ1n) is 8.04. The summed E-state index contributed by atoms with van der Waals surface area (Å²) in [6, 6.07) is 0. The molecule has 0 amide bonds. The Morgan fingerprint density at radius 2 is 2.22 bits per heavy atom. The molecule has 1 aliphatic rings. The van der Waals surface area contributed by atoms with Gasteiger partial charge in [-0.3, -0.25) is 4.68 Å². The predicted octanol–water partition coefficient (Wildman–Crippen LogP) is 2.12. The van der Waals surface area contributed by atoms with E-state index in [-0.39, 0.29) is 5.92 Å². The molecule has 1 aliphatic heterocycles. The van der Waals surface area contributed by atoms with Gasteiger partial charge in [-0.25, -0.2) is 0 Å². The van der Waals surface area contributed by atoms with Gasteiger partial charge in [0.05, 0.1) is 24.8 Å². The lowest BCUT2D eigenvalue weighted by atomic mass is 9.99. The van der Waals surface area contributed by atoms with Gasteiger partial charge in [0.25, 0.3) is 0 Å². The van der Waals surface area contributed by atoms with Gasteiger partial charge in [0.2, 0.25) is 5.89 Å². The Morgan fingerprint density at radius 1 is 1.39 bits per heavy atom. The number of aryl methyl sites for hydroxylation is 2. The van der Waals surface area contributed by atoms with Gasteiger partial charge in [0.1, 0.15) is 6.61 Å². The third-order valence-corrected chi connectivity index (χ3v) is 4.46. The van der Waals surface area contributed by atoms with Crippen LogP contribution in [0.4, 0.5) is 0 Å². The van der Waals surface area contributed by atoms with E-state index in [4.69, 9.17) is 14.0 Å². The summed E-state index contributed by atoms with van der Waals surface area (Å²) < 4.78 is 18.3. The van der Waals surface area contributed by atoms with Crippen LogP contribution in [0.2, 0.25) is 0 Å². The van der Waals surface area contributed by atoms with Crippen LogP contribution >= 0.6 is 0 Å². The molecular weight excluding hydrogens is 296 g/mol. The van der Waals surface area contributed by atoms with E-state index in [2.05, 4.69) is 29.1 Å². The van der Waals surface area contributed by atoms with E-state index in [9.17, 15) is 0 Å². The average molecular weight is 320 g/mol. The van der Waals surface area contributed by atoms with Crippen LogP contribution < -0.4 is 0 Å². The third kappa shape index (κ3) is 3.45. The highest BCUT2D eigenvalue weighted by molar-refractivity contribution is 5.31. The van der Waals surface area contributed by atoms with Crippen molar-refractivity contribution in [2.24, 2.45) is 13.0 Å². The lowest BCUT2D eigenvalue weighted by Gasteiger charge is -2.07. The normalized spacial score (nSPS) is 19.4. The molecule has 2 aromatic heterocycles. The molecule has 2 aromatic rings. The Labute approximate surface area is 136 Å². The number of aromatic nitrogens is 4. The van der Waals surface area contributed by atoms with Gasteiger partial charge in [0, 0.05) is 30.8 Å². The van der Waals surface area contributed by atoms with Crippen molar-refractivity contribution in [1.82, 2.24) is 19.9 Å². The molecule has 0 aliphatic carbocycles. The first-order chi connectivity index (χ1) is 11.1. The van der Waals surface area contributed by atoms with E-state index in [1.165, 1.54) is 0 Å². The zero-order valence-electron chi connectivity index (χ0n) is 14.2. The first-order valence-corrected chi connectivity index (χ1v) is 8.04. The van der Waals surface area contributed by atoms with Crippen LogP contribution in [0.5, 0.6) is 0 Å². The van der Waals surface area contributed by atoms with Crippen molar-refractivity contribution in [3.05, 3.63) is 28.7 Å². The summed E-state index contributed by atoms with van der Waals surface area (Å²) in [6.07, 6.45) is 1.06. The monoisotopic (exact) mass is 320 g/mol. The van der Waals surface area contributed by atoms with Gasteiger partial charge < -0.3 is 14.0 Å². The van der Waals surface area contributed by atoms with Crippen molar-refractivity contribution in [3.63, 3.8) is 0 Å². The third-order valence-electron chi connectivity index (χ3n) is 4.46. The van der Waals surface area contributed by atoms with Crippen LogP contribution in [0, 0.1) is 19.8 Å². The van der Waals surface area contributed by atoms with Gasteiger partial charge in [-0.2, -0.15) is 10.1 Å². The van der Waals surface area contributed by atoms with Crippen LogP contribution in [0.1, 0.15) is 47.9 Å². The van der Waals surface area contributed by atoms with Gasteiger partial charge >= 0.3 is 0 Å². The molecule has 0 saturated carbocycles. The molecule has 3 heterocycles. The Kier molecular flexibility index (Phi) is 4.77. The summed E-state index contributed by atoms with van der Waals surface area (Å²) in [7, 11) is 1.94. The molecular formula is C16H24N4O3. The summed E-state index contributed by atoms with van der Waals surface area (Å²) in [4.78, 5) is 4.47. The Hall–Kier alpha value is -1.73. The fourth-order valence-electron chi connectivity index (χ4n) is 3.07. The molecule has 126 valence electrons. The molecule has 2 atom stereocenters. The average Bonchev–Trinajstić information content (AvgIpc) is 3.22. The Morgan fingerprint density at radius 3 is 2.87 bits per heavy atom. The molecule has 7 heteroatoms. The van der Waals surface area contributed by atoms with Gasteiger partial charge in [-0.05, 0) is 27.2 Å². The smallest absolute Gasteiger partial charge is 0.234 e. The zero-order chi connectivity index (χ0) is 16.4. The van der Waals surface area contributed by atoms with Gasteiger partial charge in [-0.1, -0.05) is 5.16 Å². The second-order valence-corrected chi connectivity index (χ2v) is 6.22. The molecule has 0 N–H and O–H groups in total. The molecule has 1 saturated heterocycles. The fraction of sp³-hybridized carbons (Fsp3) is 0.688. The van der Waals surface area contributed by atoms with E-state index in [0.717, 1.165) is 36.6 Å². The van der Waals surface area contributed by atoms with Crippen LogP contribution in [-0.2, 0) is 23.1 Å². The quantitative estimate of drug-likeness (QED) is 0.811. The molecule has 1 fully saturated rings. The van der Waals surface area contributed by atoms with E-state index in [1.807, 2.05) is 18.7 Å². The lowest BCUT2D eigenvalue weighted by molar-refractivity contribution is 0.0742. The number of rotatable bonds is 6. The van der Waals surface area contributed by atoms with Crippen molar-refractivity contribution in [2.45, 2.75) is 39.7 Å². The second-order valence-electron chi connectivity index (χ2n) is 6.22.